The fourth-order valence-corrected chi connectivity index (χ4v) is 3.82. The molecule has 0 atom stereocenters. The first-order valence-electron chi connectivity index (χ1n) is 7.00. The van der Waals surface area contributed by atoms with Gasteiger partial charge in [-0.15, -0.1) is 0 Å². The lowest BCUT2D eigenvalue weighted by molar-refractivity contribution is 0.259. The van der Waals surface area contributed by atoms with E-state index in [4.69, 9.17) is 20.9 Å². The zero-order chi connectivity index (χ0) is 16.0. The van der Waals surface area contributed by atoms with E-state index in [9.17, 15) is 5.11 Å². The maximum Gasteiger partial charge on any atom is 0.303 e. The molecular weight excluding hydrogens is 319 g/mol. The summed E-state index contributed by atoms with van der Waals surface area (Å²) < 4.78 is 10.8. The number of phenols is 1. The minimum absolute atomic E-state index is 0.185. The number of nitrogens with one attached hydrogen (secondary N) is 1. The van der Waals surface area contributed by atoms with Crippen molar-refractivity contribution < 1.29 is 14.2 Å². The SMILES string of the molecule is CCOP(=S)(N/N=C/c1ccc2ccccc2c1O)OCC. The first-order chi connectivity index (χ1) is 10.6. The number of aromatic hydroxyl groups is 1. The van der Waals surface area contributed by atoms with Crippen LogP contribution in [0, 0.1) is 0 Å². The molecule has 0 aliphatic heterocycles. The smallest absolute Gasteiger partial charge is 0.303 e. The van der Waals surface area contributed by atoms with Crippen LogP contribution in [0.1, 0.15) is 19.4 Å². The summed E-state index contributed by atoms with van der Waals surface area (Å²) in [5.74, 6) is 0.185. The third-order valence-corrected chi connectivity index (χ3v) is 5.35. The number of rotatable bonds is 7. The molecule has 0 radical (unpaired) electrons. The van der Waals surface area contributed by atoms with Crippen molar-refractivity contribution in [3.05, 3.63) is 42.0 Å². The first-order valence-corrected chi connectivity index (χ1v) is 9.63. The highest BCUT2D eigenvalue weighted by Crippen LogP contribution is 2.43. The average molecular weight is 338 g/mol. The predicted molar refractivity (Wildman–Crippen MR) is 93.9 cm³/mol. The lowest BCUT2D eigenvalue weighted by Gasteiger charge is -2.19. The van der Waals surface area contributed by atoms with Crippen LogP contribution in [-0.2, 0) is 20.9 Å². The third-order valence-electron chi connectivity index (χ3n) is 2.91. The highest BCUT2D eigenvalue weighted by molar-refractivity contribution is 8.08. The van der Waals surface area contributed by atoms with Gasteiger partial charge in [-0.3, -0.25) is 0 Å². The number of benzene rings is 2. The molecular formula is C15H19N2O3PS. The summed E-state index contributed by atoms with van der Waals surface area (Å²) in [6.07, 6.45) is 1.51. The molecule has 118 valence electrons. The molecule has 22 heavy (non-hydrogen) atoms. The zero-order valence-electron chi connectivity index (χ0n) is 12.5. The number of hydrogen-bond acceptors (Lipinski definition) is 5. The molecule has 0 saturated carbocycles. The van der Waals surface area contributed by atoms with Gasteiger partial charge < -0.3 is 14.2 Å². The summed E-state index contributed by atoms with van der Waals surface area (Å²) >= 11 is 5.30. The van der Waals surface area contributed by atoms with Crippen molar-refractivity contribution >= 4 is 35.4 Å². The number of nitrogens with zero attached hydrogens (tertiary/aromatic N) is 1. The van der Waals surface area contributed by atoms with Gasteiger partial charge in [-0.25, -0.2) is 5.20 Å². The van der Waals surface area contributed by atoms with Crippen LogP contribution >= 0.6 is 6.64 Å². The molecule has 0 bridgehead atoms. The van der Waals surface area contributed by atoms with Crippen LogP contribution in [0.4, 0.5) is 0 Å². The largest absolute Gasteiger partial charge is 0.507 e. The highest BCUT2D eigenvalue weighted by Gasteiger charge is 2.16. The molecule has 0 fully saturated rings. The number of fused-ring (bicyclic) bond motifs is 1. The standard InChI is InChI=1S/C15H19N2O3PS/c1-3-19-21(22,20-4-2)17-16-11-13-10-9-12-7-5-6-8-14(12)15(13)18/h5-11,18H,3-4H2,1-2H3,(H,17,22)/b16-11+. The van der Waals surface area contributed by atoms with E-state index in [1.165, 1.54) is 6.21 Å². The lowest BCUT2D eigenvalue weighted by atomic mass is 10.1. The number of hydrazone groups is 1. The molecule has 0 aliphatic carbocycles. The van der Waals surface area contributed by atoms with Gasteiger partial charge in [-0.2, -0.15) is 5.10 Å². The maximum atomic E-state index is 10.3. The molecule has 0 heterocycles. The van der Waals surface area contributed by atoms with Crippen LogP contribution in [0.2, 0.25) is 0 Å². The molecule has 5 nitrogen and oxygen atoms in total. The molecule has 0 aromatic heterocycles. The Labute approximate surface area is 135 Å². The fraction of sp³-hybridized carbons (Fsp3) is 0.267. The topological polar surface area (TPSA) is 63.1 Å². The van der Waals surface area contributed by atoms with Crippen LogP contribution in [0.5, 0.6) is 5.75 Å². The van der Waals surface area contributed by atoms with Gasteiger partial charge in [-0.05, 0) is 37.1 Å². The van der Waals surface area contributed by atoms with Crippen molar-refractivity contribution in [2.75, 3.05) is 13.2 Å². The summed E-state index contributed by atoms with van der Waals surface area (Å²) in [5.41, 5.74) is 0.598. The lowest BCUT2D eigenvalue weighted by Crippen LogP contribution is -2.09. The van der Waals surface area contributed by atoms with Crippen molar-refractivity contribution in [2.24, 2.45) is 5.10 Å². The molecule has 2 rings (SSSR count). The van der Waals surface area contributed by atoms with Gasteiger partial charge in [-0.1, -0.05) is 30.3 Å². The Balaban J connectivity index is 2.19. The first kappa shape index (κ1) is 16.9. The Hall–Kier alpha value is -1.46. The molecule has 0 spiro atoms. The summed E-state index contributed by atoms with van der Waals surface area (Å²) in [4.78, 5) is 0. The quantitative estimate of drug-likeness (QED) is 0.457. The van der Waals surface area contributed by atoms with Crippen molar-refractivity contribution in [3.63, 3.8) is 0 Å². The highest BCUT2D eigenvalue weighted by atomic mass is 32.5. The Morgan fingerprint density at radius 1 is 1.18 bits per heavy atom. The van der Waals surface area contributed by atoms with Gasteiger partial charge >= 0.3 is 6.64 Å². The zero-order valence-corrected chi connectivity index (χ0v) is 14.2. The van der Waals surface area contributed by atoms with Crippen molar-refractivity contribution in [2.45, 2.75) is 13.8 Å². The summed E-state index contributed by atoms with van der Waals surface area (Å²) in [6, 6.07) is 11.3. The third kappa shape index (κ3) is 4.05. The average Bonchev–Trinajstić information content (AvgIpc) is 2.50. The van der Waals surface area contributed by atoms with Gasteiger partial charge in [0.25, 0.3) is 0 Å². The predicted octanol–water partition coefficient (Wildman–Crippen LogP) is 3.77. The van der Waals surface area contributed by atoms with E-state index in [-0.39, 0.29) is 5.75 Å². The second-order valence-corrected chi connectivity index (χ2v) is 7.57. The molecule has 2 N–H and O–H groups in total. The molecule has 2 aromatic rings. The van der Waals surface area contributed by atoms with E-state index < -0.39 is 6.64 Å². The second-order valence-electron chi connectivity index (χ2n) is 4.42. The molecule has 7 heteroatoms. The molecule has 0 amide bonds. The number of phenolic OH excluding ortho intramolecular Hbond substituents is 1. The Morgan fingerprint density at radius 3 is 2.55 bits per heavy atom. The van der Waals surface area contributed by atoms with Crippen LogP contribution < -0.4 is 5.20 Å². The van der Waals surface area contributed by atoms with Gasteiger partial charge in [0.05, 0.1) is 19.4 Å². The monoisotopic (exact) mass is 338 g/mol. The molecule has 0 unspecified atom stereocenters. The van der Waals surface area contributed by atoms with Gasteiger partial charge in [0.1, 0.15) is 5.75 Å². The van der Waals surface area contributed by atoms with E-state index in [2.05, 4.69) is 10.3 Å². The molecule has 2 aromatic carbocycles. The molecule has 0 aliphatic rings. The number of hydrogen-bond donors (Lipinski definition) is 2. The van der Waals surface area contributed by atoms with E-state index in [1.54, 1.807) is 6.07 Å². The Bertz CT molecular complexity index is 711. The summed E-state index contributed by atoms with van der Waals surface area (Å²) in [6.45, 7) is 1.97. The van der Waals surface area contributed by atoms with Gasteiger partial charge in [0, 0.05) is 10.9 Å². The van der Waals surface area contributed by atoms with Crippen LogP contribution in [0.25, 0.3) is 10.8 Å². The van der Waals surface area contributed by atoms with Crippen LogP contribution in [0.15, 0.2) is 41.5 Å². The maximum absolute atomic E-state index is 10.3. The van der Waals surface area contributed by atoms with E-state index in [1.807, 2.05) is 44.2 Å². The minimum Gasteiger partial charge on any atom is -0.507 e. The minimum atomic E-state index is -2.62. The van der Waals surface area contributed by atoms with Crippen LogP contribution in [-0.4, -0.2) is 24.5 Å². The van der Waals surface area contributed by atoms with Gasteiger partial charge in [0.15, 0.2) is 0 Å². The second kappa shape index (κ2) is 7.70. The Morgan fingerprint density at radius 2 is 1.86 bits per heavy atom. The fourth-order valence-electron chi connectivity index (χ4n) is 1.98. The van der Waals surface area contributed by atoms with Gasteiger partial charge in [0.2, 0.25) is 0 Å². The molecule has 0 saturated heterocycles. The van der Waals surface area contributed by atoms with Crippen LogP contribution in [0.3, 0.4) is 0 Å². The summed E-state index contributed by atoms with van der Waals surface area (Å²) in [7, 11) is 0. The van der Waals surface area contributed by atoms with Crippen molar-refractivity contribution in [3.8, 4) is 5.75 Å². The van der Waals surface area contributed by atoms with E-state index in [0.717, 1.165) is 10.8 Å². The normalized spacial score (nSPS) is 12.1. The van der Waals surface area contributed by atoms with E-state index >= 15 is 0 Å². The van der Waals surface area contributed by atoms with Crippen molar-refractivity contribution in [1.29, 1.82) is 0 Å². The Kier molecular flexibility index (Phi) is 5.91. The summed E-state index contributed by atoms with van der Waals surface area (Å²) in [5, 5.41) is 18.9. The van der Waals surface area contributed by atoms with E-state index in [0.29, 0.717) is 18.8 Å². The van der Waals surface area contributed by atoms with Crippen molar-refractivity contribution in [1.82, 2.24) is 5.20 Å².